The van der Waals surface area contributed by atoms with Gasteiger partial charge in [-0.1, -0.05) is 36.5 Å². The van der Waals surface area contributed by atoms with E-state index in [1.165, 1.54) is 0 Å². The van der Waals surface area contributed by atoms with E-state index in [4.69, 9.17) is 22.7 Å². The fraction of sp³-hybridized carbons (Fsp3) is 0.462. The molecule has 1 aromatic carbocycles. The number of thiocarbonyl (C=S) groups is 1. The highest BCUT2D eigenvalue weighted by Crippen LogP contribution is 2.15. The monoisotopic (exact) mass is 266 g/mol. The van der Waals surface area contributed by atoms with Crippen molar-refractivity contribution in [2.75, 3.05) is 26.4 Å². The van der Waals surface area contributed by atoms with E-state index < -0.39 is 0 Å². The van der Waals surface area contributed by atoms with Crippen LogP contribution < -0.4 is 5.73 Å². The Morgan fingerprint density at radius 1 is 1.50 bits per heavy atom. The lowest BCUT2D eigenvalue weighted by atomic mass is 10.1. The highest BCUT2D eigenvalue weighted by atomic mass is 32.1. The number of benzene rings is 1. The Hall–Kier alpha value is -1.01. The van der Waals surface area contributed by atoms with Gasteiger partial charge in [-0.05, 0) is 5.56 Å². The molecule has 0 saturated carbocycles. The van der Waals surface area contributed by atoms with Gasteiger partial charge in [-0.15, -0.1) is 0 Å². The molecule has 1 unspecified atom stereocenters. The highest BCUT2D eigenvalue weighted by molar-refractivity contribution is 7.80. The predicted molar refractivity (Wildman–Crippen MR) is 74.4 cm³/mol. The van der Waals surface area contributed by atoms with E-state index in [9.17, 15) is 5.11 Å². The van der Waals surface area contributed by atoms with Gasteiger partial charge in [0.2, 0.25) is 0 Å². The van der Waals surface area contributed by atoms with Crippen LogP contribution in [-0.2, 0) is 11.3 Å². The van der Waals surface area contributed by atoms with Crippen molar-refractivity contribution < 1.29 is 9.84 Å². The van der Waals surface area contributed by atoms with Crippen molar-refractivity contribution in [1.29, 1.82) is 0 Å². The van der Waals surface area contributed by atoms with Crippen LogP contribution in [0.3, 0.4) is 0 Å². The zero-order valence-electron chi connectivity index (χ0n) is 10.2. The third kappa shape index (κ3) is 3.05. The lowest BCUT2D eigenvalue weighted by Crippen LogP contribution is -2.47. The second-order valence-corrected chi connectivity index (χ2v) is 4.84. The maximum Gasteiger partial charge on any atom is 0.104 e. The number of ether oxygens (including phenoxy) is 1. The summed E-state index contributed by atoms with van der Waals surface area (Å²) in [7, 11) is 0. The minimum absolute atomic E-state index is 0.0538. The van der Waals surface area contributed by atoms with Gasteiger partial charge >= 0.3 is 0 Å². The number of hydrogen-bond donors (Lipinski definition) is 2. The Balaban J connectivity index is 2.15. The van der Waals surface area contributed by atoms with Crippen LogP contribution in [0.15, 0.2) is 24.3 Å². The van der Waals surface area contributed by atoms with Gasteiger partial charge < -0.3 is 15.6 Å². The SMILES string of the molecule is NC(=S)c1ccccc1CN1CCOCC1CO. The number of hydrogen-bond acceptors (Lipinski definition) is 4. The number of morpholine rings is 1. The summed E-state index contributed by atoms with van der Waals surface area (Å²) in [6, 6.07) is 7.93. The van der Waals surface area contributed by atoms with Crippen molar-refractivity contribution in [3.63, 3.8) is 0 Å². The second-order valence-electron chi connectivity index (χ2n) is 4.40. The Bertz CT molecular complexity index is 425. The van der Waals surface area contributed by atoms with Gasteiger partial charge in [-0.3, -0.25) is 4.90 Å². The molecule has 18 heavy (non-hydrogen) atoms. The summed E-state index contributed by atoms with van der Waals surface area (Å²) in [5.74, 6) is 0. The average Bonchev–Trinajstić information content (AvgIpc) is 2.40. The van der Waals surface area contributed by atoms with E-state index in [1.54, 1.807) is 0 Å². The Morgan fingerprint density at radius 3 is 3.00 bits per heavy atom. The van der Waals surface area contributed by atoms with E-state index in [1.807, 2.05) is 24.3 Å². The molecule has 98 valence electrons. The fourth-order valence-electron chi connectivity index (χ4n) is 2.18. The fourth-order valence-corrected chi connectivity index (χ4v) is 2.38. The third-order valence-corrected chi connectivity index (χ3v) is 3.44. The van der Waals surface area contributed by atoms with Crippen molar-refractivity contribution in [3.8, 4) is 0 Å². The molecule has 1 fully saturated rings. The molecule has 0 spiro atoms. The number of nitrogens with two attached hydrogens (primary N) is 1. The molecule has 1 atom stereocenters. The number of aliphatic hydroxyl groups is 1. The van der Waals surface area contributed by atoms with E-state index in [2.05, 4.69) is 4.90 Å². The molecular weight excluding hydrogens is 248 g/mol. The Morgan fingerprint density at radius 2 is 2.28 bits per heavy atom. The molecule has 1 aliphatic heterocycles. The first-order valence-electron chi connectivity index (χ1n) is 6.02. The molecule has 0 amide bonds. The van der Waals surface area contributed by atoms with E-state index >= 15 is 0 Å². The van der Waals surface area contributed by atoms with Crippen LogP contribution in [0.4, 0.5) is 0 Å². The second kappa shape index (κ2) is 6.24. The molecule has 2 rings (SSSR count). The topological polar surface area (TPSA) is 58.7 Å². The number of aliphatic hydroxyl groups excluding tert-OH is 1. The van der Waals surface area contributed by atoms with Crippen LogP contribution in [0.5, 0.6) is 0 Å². The summed E-state index contributed by atoms with van der Waals surface area (Å²) in [5.41, 5.74) is 7.74. The summed E-state index contributed by atoms with van der Waals surface area (Å²) in [5, 5.41) is 9.35. The largest absolute Gasteiger partial charge is 0.395 e. The van der Waals surface area contributed by atoms with Crippen molar-refractivity contribution in [3.05, 3.63) is 35.4 Å². The molecule has 0 aromatic heterocycles. The molecule has 1 heterocycles. The van der Waals surface area contributed by atoms with Gasteiger partial charge in [0.25, 0.3) is 0 Å². The molecule has 1 aromatic rings. The molecular formula is C13H18N2O2S. The summed E-state index contributed by atoms with van der Waals surface area (Å²) in [6.07, 6.45) is 0. The summed E-state index contributed by atoms with van der Waals surface area (Å²) < 4.78 is 5.37. The Kier molecular flexibility index (Phi) is 4.66. The van der Waals surface area contributed by atoms with Crippen molar-refractivity contribution in [2.24, 2.45) is 5.73 Å². The summed E-state index contributed by atoms with van der Waals surface area (Å²) in [6.45, 7) is 2.94. The Labute approximate surface area is 112 Å². The molecule has 5 heteroatoms. The molecule has 0 bridgehead atoms. The normalized spacial score (nSPS) is 20.8. The van der Waals surface area contributed by atoms with Crippen molar-refractivity contribution in [2.45, 2.75) is 12.6 Å². The van der Waals surface area contributed by atoms with Crippen LogP contribution >= 0.6 is 12.2 Å². The minimum Gasteiger partial charge on any atom is -0.395 e. The maximum absolute atomic E-state index is 9.35. The quantitative estimate of drug-likeness (QED) is 0.778. The van der Waals surface area contributed by atoms with Crippen molar-refractivity contribution >= 4 is 17.2 Å². The lowest BCUT2D eigenvalue weighted by molar-refractivity contribution is -0.0312. The summed E-state index contributed by atoms with van der Waals surface area (Å²) in [4.78, 5) is 2.63. The van der Waals surface area contributed by atoms with Crippen LogP contribution in [0, 0.1) is 0 Å². The third-order valence-electron chi connectivity index (χ3n) is 3.22. The standard InChI is InChI=1S/C13H18N2O2S/c14-13(18)12-4-2-1-3-10(12)7-15-5-6-17-9-11(15)8-16/h1-4,11,16H,5-9H2,(H2,14,18). The minimum atomic E-state index is 0.0538. The van der Waals surface area contributed by atoms with Crippen LogP contribution in [0.25, 0.3) is 0 Å². The molecule has 3 N–H and O–H groups in total. The van der Waals surface area contributed by atoms with Gasteiger partial charge in [-0.2, -0.15) is 0 Å². The smallest absolute Gasteiger partial charge is 0.104 e. The number of nitrogens with zero attached hydrogens (tertiary/aromatic N) is 1. The molecule has 4 nitrogen and oxygen atoms in total. The zero-order valence-corrected chi connectivity index (χ0v) is 11.0. The van der Waals surface area contributed by atoms with Gasteiger partial charge in [0, 0.05) is 18.7 Å². The first-order chi connectivity index (χ1) is 8.72. The van der Waals surface area contributed by atoms with Gasteiger partial charge in [0.05, 0.1) is 25.9 Å². The number of rotatable bonds is 4. The van der Waals surface area contributed by atoms with Crippen LogP contribution in [0.1, 0.15) is 11.1 Å². The maximum atomic E-state index is 9.35. The zero-order chi connectivity index (χ0) is 13.0. The van der Waals surface area contributed by atoms with Gasteiger partial charge in [0.15, 0.2) is 0 Å². The van der Waals surface area contributed by atoms with Crippen LogP contribution in [-0.4, -0.2) is 47.4 Å². The predicted octanol–water partition coefficient (Wildman–Crippen LogP) is 0.514. The van der Waals surface area contributed by atoms with Crippen LogP contribution in [0.2, 0.25) is 0 Å². The van der Waals surface area contributed by atoms with Crippen molar-refractivity contribution in [1.82, 2.24) is 4.90 Å². The molecule has 1 saturated heterocycles. The molecule has 1 aliphatic rings. The van der Waals surface area contributed by atoms with E-state index in [0.29, 0.717) is 18.2 Å². The van der Waals surface area contributed by atoms with E-state index in [-0.39, 0.29) is 12.6 Å². The first kappa shape index (κ1) is 13.4. The van der Waals surface area contributed by atoms with Gasteiger partial charge in [-0.25, -0.2) is 0 Å². The molecule has 0 radical (unpaired) electrons. The highest BCUT2D eigenvalue weighted by Gasteiger charge is 2.23. The molecule has 0 aliphatic carbocycles. The summed E-state index contributed by atoms with van der Waals surface area (Å²) >= 11 is 5.06. The average molecular weight is 266 g/mol. The van der Waals surface area contributed by atoms with Gasteiger partial charge in [0.1, 0.15) is 4.99 Å². The first-order valence-corrected chi connectivity index (χ1v) is 6.43. The van der Waals surface area contributed by atoms with E-state index in [0.717, 1.165) is 24.2 Å². The lowest BCUT2D eigenvalue weighted by Gasteiger charge is -2.34.